The molecular weight excluding hydrogens is 280 g/mol. The van der Waals surface area contributed by atoms with Crippen LogP contribution in [0.3, 0.4) is 0 Å². The average molecular weight is 298 g/mol. The Balaban J connectivity index is 2.40. The number of hydrogen-bond acceptors (Lipinski definition) is 5. The van der Waals surface area contributed by atoms with Gasteiger partial charge in [-0.3, -0.25) is 4.79 Å². The highest BCUT2D eigenvalue weighted by Gasteiger charge is 2.13. The number of nitrogens with two attached hydrogens (primary N) is 1. The molecule has 1 amide bonds. The van der Waals surface area contributed by atoms with Gasteiger partial charge in [0.05, 0.1) is 5.69 Å². The van der Waals surface area contributed by atoms with Gasteiger partial charge in [-0.1, -0.05) is 24.8 Å². The van der Waals surface area contributed by atoms with E-state index in [2.05, 4.69) is 16.5 Å². The van der Waals surface area contributed by atoms with Gasteiger partial charge in [-0.25, -0.2) is 9.97 Å². The van der Waals surface area contributed by atoms with E-state index in [1.807, 2.05) is 24.3 Å². The van der Waals surface area contributed by atoms with E-state index in [4.69, 9.17) is 10.5 Å². The molecule has 114 valence electrons. The van der Waals surface area contributed by atoms with Crippen molar-refractivity contribution in [3.8, 4) is 17.0 Å². The SMILES string of the molecule is C=CCOc1cccc(-c2cc(C(=O)N(C)C)nc(N)n2)c1. The number of aromatic nitrogens is 2. The highest BCUT2D eigenvalue weighted by Crippen LogP contribution is 2.23. The Labute approximate surface area is 129 Å². The third-order valence-electron chi connectivity index (χ3n) is 2.87. The number of carbonyl (C=O) groups excluding carboxylic acids is 1. The van der Waals surface area contributed by atoms with Gasteiger partial charge in [0, 0.05) is 19.7 Å². The number of benzene rings is 1. The Morgan fingerprint density at radius 2 is 2.14 bits per heavy atom. The fourth-order valence-electron chi connectivity index (χ4n) is 1.85. The van der Waals surface area contributed by atoms with Crippen LogP contribution in [0, 0.1) is 0 Å². The van der Waals surface area contributed by atoms with E-state index < -0.39 is 0 Å². The van der Waals surface area contributed by atoms with Gasteiger partial charge in [0.1, 0.15) is 18.1 Å². The average Bonchev–Trinajstić information content (AvgIpc) is 2.51. The molecule has 0 spiro atoms. The van der Waals surface area contributed by atoms with Crippen molar-refractivity contribution in [3.63, 3.8) is 0 Å². The molecular formula is C16H18N4O2. The lowest BCUT2D eigenvalue weighted by Crippen LogP contribution is -2.23. The Bertz CT molecular complexity index is 698. The molecule has 1 heterocycles. The van der Waals surface area contributed by atoms with Gasteiger partial charge >= 0.3 is 0 Å². The number of rotatable bonds is 5. The Morgan fingerprint density at radius 3 is 2.82 bits per heavy atom. The summed E-state index contributed by atoms with van der Waals surface area (Å²) in [5.74, 6) is 0.518. The molecule has 0 radical (unpaired) electrons. The molecule has 0 aliphatic rings. The number of nitrogen functional groups attached to an aromatic ring is 1. The van der Waals surface area contributed by atoms with Gasteiger partial charge < -0.3 is 15.4 Å². The van der Waals surface area contributed by atoms with Crippen LogP contribution in [0.15, 0.2) is 43.0 Å². The standard InChI is InChI=1S/C16H18N4O2/c1-4-8-22-12-7-5-6-11(9-12)13-10-14(15(21)20(2)3)19-16(17)18-13/h4-7,9-10H,1,8H2,2-3H3,(H2,17,18,19). The monoisotopic (exact) mass is 298 g/mol. The molecule has 1 aromatic carbocycles. The summed E-state index contributed by atoms with van der Waals surface area (Å²) in [6.45, 7) is 4.03. The van der Waals surface area contributed by atoms with Crippen LogP contribution < -0.4 is 10.5 Å². The largest absolute Gasteiger partial charge is 0.490 e. The minimum atomic E-state index is -0.227. The van der Waals surface area contributed by atoms with E-state index >= 15 is 0 Å². The molecule has 2 rings (SSSR count). The number of nitrogens with zero attached hydrogens (tertiary/aromatic N) is 3. The highest BCUT2D eigenvalue weighted by molar-refractivity contribution is 5.93. The maximum atomic E-state index is 12.0. The zero-order valence-corrected chi connectivity index (χ0v) is 12.6. The van der Waals surface area contributed by atoms with Crippen LogP contribution >= 0.6 is 0 Å². The summed E-state index contributed by atoms with van der Waals surface area (Å²) in [5, 5.41) is 0. The third-order valence-corrected chi connectivity index (χ3v) is 2.87. The van der Waals surface area contributed by atoms with Crippen molar-refractivity contribution in [2.45, 2.75) is 0 Å². The van der Waals surface area contributed by atoms with E-state index in [0.717, 1.165) is 5.56 Å². The van der Waals surface area contributed by atoms with Crippen LogP contribution in [0.1, 0.15) is 10.5 Å². The maximum absolute atomic E-state index is 12.0. The van der Waals surface area contributed by atoms with Crippen molar-refractivity contribution >= 4 is 11.9 Å². The van der Waals surface area contributed by atoms with E-state index in [9.17, 15) is 4.79 Å². The van der Waals surface area contributed by atoms with Crippen LogP contribution in [0.2, 0.25) is 0 Å². The quantitative estimate of drug-likeness (QED) is 0.854. The first-order valence-electron chi connectivity index (χ1n) is 6.71. The van der Waals surface area contributed by atoms with Crippen molar-refractivity contribution in [2.24, 2.45) is 0 Å². The molecule has 2 N–H and O–H groups in total. The predicted octanol–water partition coefficient (Wildman–Crippen LogP) is 1.99. The zero-order chi connectivity index (χ0) is 16.1. The first kappa shape index (κ1) is 15.5. The van der Waals surface area contributed by atoms with Crippen LogP contribution in [0.25, 0.3) is 11.3 Å². The fraction of sp³-hybridized carbons (Fsp3) is 0.188. The van der Waals surface area contributed by atoms with Gasteiger partial charge in [-0.15, -0.1) is 0 Å². The maximum Gasteiger partial charge on any atom is 0.272 e. The molecule has 0 unspecified atom stereocenters. The van der Waals surface area contributed by atoms with E-state index in [-0.39, 0.29) is 17.5 Å². The molecule has 0 atom stereocenters. The predicted molar refractivity (Wildman–Crippen MR) is 85.6 cm³/mol. The number of hydrogen-bond donors (Lipinski definition) is 1. The smallest absolute Gasteiger partial charge is 0.272 e. The summed E-state index contributed by atoms with van der Waals surface area (Å²) in [7, 11) is 3.31. The number of carbonyl (C=O) groups is 1. The van der Waals surface area contributed by atoms with Crippen LogP contribution in [0.5, 0.6) is 5.75 Å². The zero-order valence-electron chi connectivity index (χ0n) is 12.6. The molecule has 6 nitrogen and oxygen atoms in total. The van der Waals surface area contributed by atoms with Crippen molar-refractivity contribution in [1.82, 2.24) is 14.9 Å². The Kier molecular flexibility index (Phi) is 4.73. The van der Waals surface area contributed by atoms with Crippen LogP contribution in [-0.4, -0.2) is 41.5 Å². The molecule has 0 fully saturated rings. The van der Waals surface area contributed by atoms with Gasteiger partial charge in [-0.2, -0.15) is 0 Å². The molecule has 1 aromatic heterocycles. The Morgan fingerprint density at radius 1 is 1.36 bits per heavy atom. The van der Waals surface area contributed by atoms with Gasteiger partial charge in [0.15, 0.2) is 0 Å². The first-order valence-corrected chi connectivity index (χ1v) is 6.71. The van der Waals surface area contributed by atoms with Gasteiger partial charge in [0.25, 0.3) is 5.91 Å². The molecule has 0 aliphatic carbocycles. The van der Waals surface area contributed by atoms with E-state index in [0.29, 0.717) is 18.1 Å². The molecule has 2 aromatic rings. The number of amides is 1. The molecule has 0 saturated heterocycles. The second-order valence-electron chi connectivity index (χ2n) is 4.82. The van der Waals surface area contributed by atoms with E-state index in [1.165, 1.54) is 4.90 Å². The lowest BCUT2D eigenvalue weighted by atomic mass is 10.1. The first-order chi connectivity index (χ1) is 10.5. The lowest BCUT2D eigenvalue weighted by Gasteiger charge is -2.11. The fourth-order valence-corrected chi connectivity index (χ4v) is 1.85. The highest BCUT2D eigenvalue weighted by atomic mass is 16.5. The summed E-state index contributed by atoms with van der Waals surface area (Å²) in [5.41, 5.74) is 7.34. The van der Waals surface area contributed by atoms with Crippen molar-refractivity contribution in [2.75, 3.05) is 26.4 Å². The van der Waals surface area contributed by atoms with Crippen LogP contribution in [-0.2, 0) is 0 Å². The van der Waals surface area contributed by atoms with Crippen LogP contribution in [0.4, 0.5) is 5.95 Å². The topological polar surface area (TPSA) is 81.3 Å². The lowest BCUT2D eigenvalue weighted by molar-refractivity contribution is 0.0822. The molecule has 22 heavy (non-hydrogen) atoms. The van der Waals surface area contributed by atoms with Crippen molar-refractivity contribution in [3.05, 3.63) is 48.7 Å². The summed E-state index contributed by atoms with van der Waals surface area (Å²) in [6.07, 6.45) is 1.67. The molecule has 0 bridgehead atoms. The molecule has 6 heteroatoms. The minimum Gasteiger partial charge on any atom is -0.490 e. The van der Waals surface area contributed by atoms with Crippen molar-refractivity contribution in [1.29, 1.82) is 0 Å². The van der Waals surface area contributed by atoms with Crippen molar-refractivity contribution < 1.29 is 9.53 Å². The number of ether oxygens (including phenoxy) is 1. The number of anilines is 1. The normalized spacial score (nSPS) is 10.1. The minimum absolute atomic E-state index is 0.0557. The van der Waals surface area contributed by atoms with Gasteiger partial charge in [-0.05, 0) is 18.2 Å². The second kappa shape index (κ2) is 6.71. The van der Waals surface area contributed by atoms with E-state index in [1.54, 1.807) is 26.2 Å². The summed E-state index contributed by atoms with van der Waals surface area (Å²) >= 11 is 0. The summed E-state index contributed by atoms with van der Waals surface area (Å²) in [6, 6.07) is 9.00. The summed E-state index contributed by atoms with van der Waals surface area (Å²) in [4.78, 5) is 21.6. The molecule has 0 aliphatic heterocycles. The molecule has 0 saturated carbocycles. The Hall–Kier alpha value is -2.89. The second-order valence-corrected chi connectivity index (χ2v) is 4.82. The third kappa shape index (κ3) is 3.60. The van der Waals surface area contributed by atoms with Gasteiger partial charge in [0.2, 0.25) is 5.95 Å². The summed E-state index contributed by atoms with van der Waals surface area (Å²) < 4.78 is 5.50.